The molecule has 270 valence electrons. The molecule has 4 bridgehead atoms. The highest BCUT2D eigenvalue weighted by Gasteiger charge is 2.51. The summed E-state index contributed by atoms with van der Waals surface area (Å²) in [7, 11) is 0. The van der Waals surface area contributed by atoms with Crippen molar-refractivity contribution < 1.29 is 33.3 Å². The summed E-state index contributed by atoms with van der Waals surface area (Å²) in [5, 5.41) is 0. The van der Waals surface area contributed by atoms with Crippen molar-refractivity contribution in [1.82, 2.24) is 4.90 Å². The maximum absolute atomic E-state index is 13.1. The molecule has 0 radical (unpaired) electrons. The molecule has 0 aromatic heterocycles. The standard InChI is InChI=1S/C39H67NO7/c1-2-3-4-5-6-7-8-9-10-11-12-13-17-36(41)45-29-35(31-47-38(43)44-21-16-20-40-18-14-15-19-40)30-46-37(42)28-39-25-32-22-33(26-39)24-34(23-32)27-39/h32-35H,2-31H2,1H3/t32-,33-,34-,35?,39?. The highest BCUT2D eigenvalue weighted by atomic mass is 16.7. The Morgan fingerprint density at radius 2 is 1.15 bits per heavy atom. The number of hydrogen-bond donors (Lipinski definition) is 0. The highest BCUT2D eigenvalue weighted by molar-refractivity contribution is 5.70. The average molecular weight is 662 g/mol. The Balaban J connectivity index is 1.10. The van der Waals surface area contributed by atoms with E-state index < -0.39 is 12.1 Å². The van der Waals surface area contributed by atoms with E-state index in [0.29, 0.717) is 19.4 Å². The second-order valence-corrected chi connectivity index (χ2v) is 15.8. The summed E-state index contributed by atoms with van der Waals surface area (Å²) in [5.41, 5.74) is 0.109. The largest absolute Gasteiger partial charge is 0.508 e. The molecule has 8 nitrogen and oxygen atoms in total. The Hall–Kier alpha value is -1.83. The molecule has 1 unspecified atom stereocenters. The zero-order valence-electron chi connectivity index (χ0n) is 29.8. The van der Waals surface area contributed by atoms with Crippen LogP contribution in [0.5, 0.6) is 0 Å². The Morgan fingerprint density at radius 3 is 1.72 bits per heavy atom. The molecule has 1 aliphatic heterocycles. The van der Waals surface area contributed by atoms with Gasteiger partial charge in [0.25, 0.3) is 0 Å². The lowest BCUT2D eigenvalue weighted by molar-refractivity contribution is -0.155. The molecule has 0 N–H and O–H groups in total. The molecule has 0 aromatic carbocycles. The van der Waals surface area contributed by atoms with Crippen LogP contribution in [-0.2, 0) is 28.5 Å². The van der Waals surface area contributed by atoms with Gasteiger partial charge in [0, 0.05) is 13.0 Å². The number of ether oxygens (including phenoxy) is 4. The van der Waals surface area contributed by atoms with Crippen LogP contribution >= 0.6 is 0 Å². The van der Waals surface area contributed by atoms with Crippen molar-refractivity contribution >= 4 is 18.1 Å². The van der Waals surface area contributed by atoms with Gasteiger partial charge in [-0.1, -0.05) is 77.6 Å². The van der Waals surface area contributed by atoms with E-state index in [1.165, 1.54) is 89.9 Å². The van der Waals surface area contributed by atoms with E-state index in [1.54, 1.807) is 0 Å². The molecule has 0 amide bonds. The molecule has 5 rings (SSSR count). The minimum atomic E-state index is -0.723. The summed E-state index contributed by atoms with van der Waals surface area (Å²) in [6.07, 6.45) is 25.8. The van der Waals surface area contributed by atoms with Crippen molar-refractivity contribution in [3.63, 3.8) is 0 Å². The average Bonchev–Trinajstić information content (AvgIpc) is 3.56. The fraction of sp³-hybridized carbons (Fsp3) is 0.923. The quantitative estimate of drug-likeness (QED) is 0.0544. The van der Waals surface area contributed by atoms with E-state index >= 15 is 0 Å². The summed E-state index contributed by atoms with van der Waals surface area (Å²) in [4.78, 5) is 40.3. The molecular weight excluding hydrogens is 594 g/mol. The van der Waals surface area contributed by atoms with E-state index in [1.807, 2.05) is 0 Å². The third-order valence-electron chi connectivity index (χ3n) is 11.4. The van der Waals surface area contributed by atoms with Crippen LogP contribution < -0.4 is 0 Å². The van der Waals surface area contributed by atoms with Crippen LogP contribution in [0.4, 0.5) is 4.79 Å². The maximum Gasteiger partial charge on any atom is 0.508 e. The number of unbranched alkanes of at least 4 members (excludes halogenated alkanes) is 11. The van der Waals surface area contributed by atoms with Gasteiger partial charge in [-0.3, -0.25) is 9.59 Å². The predicted octanol–water partition coefficient (Wildman–Crippen LogP) is 9.03. The minimum absolute atomic E-state index is 0.0124. The Bertz CT molecular complexity index is 882. The van der Waals surface area contributed by atoms with Crippen LogP contribution in [-0.4, -0.2) is 69.1 Å². The van der Waals surface area contributed by atoms with Gasteiger partial charge in [-0.25, -0.2) is 4.79 Å². The van der Waals surface area contributed by atoms with E-state index in [2.05, 4.69) is 11.8 Å². The van der Waals surface area contributed by atoms with Gasteiger partial charge in [-0.05, 0) is 100 Å². The topological polar surface area (TPSA) is 91.4 Å². The third kappa shape index (κ3) is 14.7. The van der Waals surface area contributed by atoms with Gasteiger partial charge in [0.1, 0.15) is 19.8 Å². The highest BCUT2D eigenvalue weighted by Crippen LogP contribution is 2.61. The lowest BCUT2D eigenvalue weighted by Crippen LogP contribution is -2.47. The fourth-order valence-electron chi connectivity index (χ4n) is 9.29. The first kappa shape index (κ1) is 38.0. The van der Waals surface area contributed by atoms with Gasteiger partial charge in [-0.15, -0.1) is 0 Å². The molecule has 4 aliphatic carbocycles. The summed E-state index contributed by atoms with van der Waals surface area (Å²) in [5.74, 6) is 1.50. The van der Waals surface area contributed by atoms with Gasteiger partial charge >= 0.3 is 18.1 Å². The number of hydrogen-bond acceptors (Lipinski definition) is 8. The molecule has 0 aromatic rings. The smallest absolute Gasteiger partial charge is 0.465 e. The molecule has 1 saturated heterocycles. The molecule has 5 aliphatic rings. The normalized spacial score (nSPS) is 25.5. The van der Waals surface area contributed by atoms with Crippen molar-refractivity contribution in [2.45, 2.75) is 155 Å². The lowest BCUT2D eigenvalue weighted by atomic mass is 9.49. The zero-order valence-corrected chi connectivity index (χ0v) is 29.8. The van der Waals surface area contributed by atoms with E-state index in [4.69, 9.17) is 18.9 Å². The van der Waals surface area contributed by atoms with Crippen LogP contribution in [0.25, 0.3) is 0 Å². The van der Waals surface area contributed by atoms with Crippen LogP contribution in [0, 0.1) is 29.1 Å². The van der Waals surface area contributed by atoms with Crippen molar-refractivity contribution in [1.29, 1.82) is 0 Å². The van der Waals surface area contributed by atoms with Crippen LogP contribution in [0.3, 0.4) is 0 Å². The first-order valence-corrected chi connectivity index (χ1v) is 19.8. The summed E-state index contributed by atoms with van der Waals surface area (Å²) in [6, 6.07) is 0. The van der Waals surface area contributed by atoms with E-state index in [0.717, 1.165) is 82.3 Å². The van der Waals surface area contributed by atoms with Gasteiger partial charge in [0.2, 0.25) is 0 Å². The third-order valence-corrected chi connectivity index (χ3v) is 11.4. The SMILES string of the molecule is CCCCCCCCCCCCCCC(=O)OCC(COC(=O)CC12C[C@H]3C[C@H](C1)C[C@@H](C2)C3)COC(=O)OCCCN1CCCC1. The maximum atomic E-state index is 13.1. The van der Waals surface area contributed by atoms with Gasteiger partial charge in [0.05, 0.1) is 18.9 Å². The molecule has 5 fully saturated rings. The number of likely N-dealkylation sites (tertiary alicyclic amines) is 1. The fourth-order valence-corrected chi connectivity index (χ4v) is 9.29. The number of carbonyl (C=O) groups is 3. The Kier molecular flexibility index (Phi) is 17.2. The van der Waals surface area contributed by atoms with Crippen molar-refractivity contribution in [2.75, 3.05) is 46.1 Å². The van der Waals surface area contributed by atoms with Crippen LogP contribution in [0.15, 0.2) is 0 Å². The second kappa shape index (κ2) is 21.3. The van der Waals surface area contributed by atoms with Crippen LogP contribution in [0.2, 0.25) is 0 Å². The molecule has 8 heteroatoms. The first-order valence-electron chi connectivity index (χ1n) is 19.8. The number of carbonyl (C=O) groups excluding carboxylic acids is 3. The molecule has 1 heterocycles. The number of esters is 2. The predicted molar refractivity (Wildman–Crippen MR) is 184 cm³/mol. The van der Waals surface area contributed by atoms with Crippen LogP contribution in [0.1, 0.15) is 155 Å². The van der Waals surface area contributed by atoms with Gasteiger partial charge in [0.15, 0.2) is 0 Å². The molecule has 47 heavy (non-hydrogen) atoms. The van der Waals surface area contributed by atoms with Crippen molar-refractivity contribution in [3.8, 4) is 0 Å². The molecule has 0 spiro atoms. The molecular formula is C39H67NO7. The molecule has 4 saturated carbocycles. The van der Waals surface area contributed by atoms with E-state index in [9.17, 15) is 14.4 Å². The van der Waals surface area contributed by atoms with Gasteiger partial charge < -0.3 is 23.8 Å². The monoisotopic (exact) mass is 661 g/mol. The zero-order chi connectivity index (χ0) is 33.2. The summed E-state index contributed by atoms with van der Waals surface area (Å²) in [6.45, 7) is 5.84. The van der Waals surface area contributed by atoms with Crippen molar-refractivity contribution in [3.05, 3.63) is 0 Å². The number of nitrogens with zero attached hydrogens (tertiary/aromatic N) is 1. The van der Waals surface area contributed by atoms with Gasteiger partial charge in [-0.2, -0.15) is 0 Å². The summed E-state index contributed by atoms with van der Waals surface area (Å²) < 4.78 is 22.0. The Morgan fingerprint density at radius 1 is 0.638 bits per heavy atom. The number of rotatable bonds is 25. The minimum Gasteiger partial charge on any atom is -0.465 e. The van der Waals surface area contributed by atoms with E-state index in [-0.39, 0.29) is 37.2 Å². The van der Waals surface area contributed by atoms with Crippen molar-refractivity contribution in [2.24, 2.45) is 29.1 Å². The summed E-state index contributed by atoms with van der Waals surface area (Å²) >= 11 is 0. The lowest BCUT2D eigenvalue weighted by Gasteiger charge is -2.56. The second-order valence-electron chi connectivity index (χ2n) is 15.8. The first-order chi connectivity index (χ1) is 22.9. The molecule has 1 atom stereocenters. The Labute approximate surface area is 285 Å².